The molecular formula is C21H22N2O4S. The van der Waals surface area contributed by atoms with Crippen LogP contribution in [0.4, 0.5) is 0 Å². The summed E-state index contributed by atoms with van der Waals surface area (Å²) < 4.78 is 16.6. The third-order valence-electron chi connectivity index (χ3n) is 3.78. The average molecular weight is 398 g/mol. The number of nitrogens with zero attached hydrogens (tertiary/aromatic N) is 1. The van der Waals surface area contributed by atoms with Crippen LogP contribution < -0.4 is 19.5 Å². The molecule has 0 aliphatic rings. The van der Waals surface area contributed by atoms with E-state index in [-0.39, 0.29) is 5.91 Å². The third-order valence-corrected chi connectivity index (χ3v) is 4.41. The molecule has 1 N–H and O–H groups in total. The number of hydrogen-bond acceptors (Lipinski definition) is 6. The molecule has 0 atom stereocenters. The number of carbonyl (C=O) groups excluding carboxylic acids is 1. The van der Waals surface area contributed by atoms with E-state index in [0.717, 1.165) is 17.2 Å². The Bertz CT molecular complexity index is 849. The van der Waals surface area contributed by atoms with Crippen molar-refractivity contribution >= 4 is 17.2 Å². The fourth-order valence-electron chi connectivity index (χ4n) is 2.40. The Morgan fingerprint density at radius 1 is 0.964 bits per heavy atom. The van der Waals surface area contributed by atoms with Crippen LogP contribution in [0.1, 0.15) is 23.0 Å². The Hall–Kier alpha value is -3.06. The molecule has 0 aliphatic carbocycles. The Kier molecular flexibility index (Phi) is 7.26. The number of rotatable bonds is 10. The minimum atomic E-state index is -0.152. The van der Waals surface area contributed by atoms with E-state index in [0.29, 0.717) is 37.7 Å². The van der Waals surface area contributed by atoms with Crippen molar-refractivity contribution < 1.29 is 19.0 Å². The molecular weight excluding hydrogens is 376 g/mol. The minimum absolute atomic E-state index is 0.152. The summed E-state index contributed by atoms with van der Waals surface area (Å²) in [4.78, 5) is 16.4. The Morgan fingerprint density at radius 2 is 1.61 bits per heavy atom. The number of carbonyl (C=O) groups is 1. The molecule has 7 heteroatoms. The van der Waals surface area contributed by atoms with Gasteiger partial charge in [-0.2, -0.15) is 0 Å². The molecule has 1 aromatic heterocycles. The standard InChI is InChI=1S/C21H22N2O4S/c1-2-25-18-7-9-19(10-8-18)26-12-11-22-21(24)16-3-5-20(6-4-16)27-13-17-14-28-15-23-17/h3-10,14-15H,2,11-13H2,1H3,(H,22,24). The van der Waals surface area contributed by atoms with Crippen LogP contribution in [0.5, 0.6) is 17.2 Å². The molecule has 0 unspecified atom stereocenters. The highest BCUT2D eigenvalue weighted by Crippen LogP contribution is 2.17. The van der Waals surface area contributed by atoms with Gasteiger partial charge in [-0.05, 0) is 55.5 Å². The molecule has 0 spiro atoms. The molecule has 3 aromatic rings. The van der Waals surface area contributed by atoms with Crippen molar-refractivity contribution in [1.29, 1.82) is 0 Å². The van der Waals surface area contributed by atoms with Gasteiger partial charge < -0.3 is 19.5 Å². The van der Waals surface area contributed by atoms with Crippen molar-refractivity contribution in [3.8, 4) is 17.2 Å². The predicted octanol–water partition coefficient (Wildman–Crippen LogP) is 3.93. The van der Waals surface area contributed by atoms with E-state index in [1.807, 2.05) is 36.6 Å². The molecule has 0 radical (unpaired) electrons. The van der Waals surface area contributed by atoms with E-state index in [2.05, 4.69) is 10.3 Å². The molecule has 146 valence electrons. The van der Waals surface area contributed by atoms with Crippen LogP contribution >= 0.6 is 11.3 Å². The van der Waals surface area contributed by atoms with Gasteiger partial charge in [0, 0.05) is 10.9 Å². The lowest BCUT2D eigenvalue weighted by atomic mass is 10.2. The zero-order chi connectivity index (χ0) is 19.6. The van der Waals surface area contributed by atoms with Gasteiger partial charge in [-0.3, -0.25) is 4.79 Å². The number of benzene rings is 2. The zero-order valence-corrected chi connectivity index (χ0v) is 16.4. The molecule has 0 saturated heterocycles. The van der Waals surface area contributed by atoms with Crippen molar-refractivity contribution in [1.82, 2.24) is 10.3 Å². The molecule has 0 aliphatic heterocycles. The topological polar surface area (TPSA) is 69.7 Å². The quantitative estimate of drug-likeness (QED) is 0.524. The van der Waals surface area contributed by atoms with Crippen molar-refractivity contribution in [2.45, 2.75) is 13.5 Å². The second-order valence-electron chi connectivity index (χ2n) is 5.80. The lowest BCUT2D eigenvalue weighted by Crippen LogP contribution is -2.28. The van der Waals surface area contributed by atoms with Gasteiger partial charge in [0.1, 0.15) is 30.5 Å². The largest absolute Gasteiger partial charge is 0.494 e. The van der Waals surface area contributed by atoms with Crippen LogP contribution in [-0.2, 0) is 6.61 Å². The number of ether oxygens (including phenoxy) is 3. The molecule has 0 fully saturated rings. The second-order valence-corrected chi connectivity index (χ2v) is 6.52. The summed E-state index contributed by atoms with van der Waals surface area (Å²) in [6.45, 7) is 3.78. The number of nitrogens with one attached hydrogen (secondary N) is 1. The highest BCUT2D eigenvalue weighted by molar-refractivity contribution is 7.07. The summed E-state index contributed by atoms with van der Waals surface area (Å²) in [6.07, 6.45) is 0. The molecule has 0 bridgehead atoms. The van der Waals surface area contributed by atoms with Gasteiger partial charge in [-0.25, -0.2) is 4.98 Å². The number of thiazole rings is 1. The number of amides is 1. The van der Waals surface area contributed by atoms with Crippen LogP contribution in [0, 0.1) is 0 Å². The van der Waals surface area contributed by atoms with Gasteiger partial charge in [0.25, 0.3) is 5.91 Å². The van der Waals surface area contributed by atoms with Crippen LogP contribution in [0.15, 0.2) is 59.4 Å². The Balaban J connectivity index is 1.38. The van der Waals surface area contributed by atoms with E-state index in [9.17, 15) is 4.79 Å². The summed E-state index contributed by atoms with van der Waals surface area (Å²) in [5.74, 6) is 2.09. The van der Waals surface area contributed by atoms with Crippen LogP contribution in [0.25, 0.3) is 0 Å². The van der Waals surface area contributed by atoms with Crippen molar-refractivity contribution in [2.24, 2.45) is 0 Å². The molecule has 0 saturated carbocycles. The molecule has 6 nitrogen and oxygen atoms in total. The van der Waals surface area contributed by atoms with Gasteiger partial charge >= 0.3 is 0 Å². The van der Waals surface area contributed by atoms with E-state index < -0.39 is 0 Å². The van der Waals surface area contributed by atoms with Crippen molar-refractivity contribution in [3.63, 3.8) is 0 Å². The third kappa shape index (κ3) is 5.99. The maximum Gasteiger partial charge on any atom is 0.251 e. The fourth-order valence-corrected chi connectivity index (χ4v) is 2.95. The van der Waals surface area contributed by atoms with Crippen LogP contribution in [-0.4, -0.2) is 30.6 Å². The molecule has 3 rings (SSSR count). The van der Waals surface area contributed by atoms with E-state index in [4.69, 9.17) is 14.2 Å². The van der Waals surface area contributed by atoms with E-state index >= 15 is 0 Å². The van der Waals surface area contributed by atoms with Gasteiger partial charge in [0.05, 0.1) is 24.4 Å². The molecule has 1 heterocycles. The summed E-state index contributed by atoms with van der Waals surface area (Å²) >= 11 is 1.53. The zero-order valence-electron chi connectivity index (χ0n) is 15.6. The highest BCUT2D eigenvalue weighted by Gasteiger charge is 2.06. The summed E-state index contributed by atoms with van der Waals surface area (Å²) in [6, 6.07) is 14.4. The lowest BCUT2D eigenvalue weighted by Gasteiger charge is -2.09. The van der Waals surface area contributed by atoms with E-state index in [1.165, 1.54) is 11.3 Å². The monoisotopic (exact) mass is 398 g/mol. The first-order valence-corrected chi connectivity index (χ1v) is 9.92. The van der Waals surface area contributed by atoms with E-state index in [1.54, 1.807) is 29.8 Å². The second kappa shape index (κ2) is 10.3. The average Bonchev–Trinajstić information content (AvgIpc) is 3.25. The fraction of sp³-hybridized carbons (Fsp3) is 0.238. The minimum Gasteiger partial charge on any atom is -0.494 e. The highest BCUT2D eigenvalue weighted by atomic mass is 32.1. The van der Waals surface area contributed by atoms with Gasteiger partial charge in [-0.1, -0.05) is 0 Å². The lowest BCUT2D eigenvalue weighted by molar-refractivity contribution is 0.0947. The maximum absolute atomic E-state index is 12.2. The molecule has 2 aromatic carbocycles. The number of aromatic nitrogens is 1. The van der Waals surface area contributed by atoms with Gasteiger partial charge in [-0.15, -0.1) is 11.3 Å². The van der Waals surface area contributed by atoms with Crippen LogP contribution in [0.3, 0.4) is 0 Å². The summed E-state index contributed by atoms with van der Waals surface area (Å²) in [5, 5.41) is 4.78. The first-order valence-electron chi connectivity index (χ1n) is 8.98. The Labute approximate surface area is 168 Å². The first kappa shape index (κ1) is 19.7. The number of hydrogen-bond donors (Lipinski definition) is 1. The first-order chi connectivity index (χ1) is 13.7. The van der Waals surface area contributed by atoms with Crippen molar-refractivity contribution in [3.05, 3.63) is 70.7 Å². The van der Waals surface area contributed by atoms with Crippen molar-refractivity contribution in [2.75, 3.05) is 19.8 Å². The summed E-state index contributed by atoms with van der Waals surface area (Å²) in [5.41, 5.74) is 3.23. The maximum atomic E-state index is 12.2. The van der Waals surface area contributed by atoms with Gasteiger partial charge in [0.15, 0.2) is 0 Å². The predicted molar refractivity (Wildman–Crippen MR) is 108 cm³/mol. The molecule has 1 amide bonds. The Morgan fingerprint density at radius 3 is 2.25 bits per heavy atom. The summed E-state index contributed by atoms with van der Waals surface area (Å²) in [7, 11) is 0. The van der Waals surface area contributed by atoms with Gasteiger partial charge in [0.2, 0.25) is 0 Å². The normalized spacial score (nSPS) is 10.3. The van der Waals surface area contributed by atoms with Crippen LogP contribution in [0.2, 0.25) is 0 Å². The SMILES string of the molecule is CCOc1ccc(OCCNC(=O)c2ccc(OCc3cscn3)cc2)cc1. The molecule has 28 heavy (non-hydrogen) atoms. The smallest absolute Gasteiger partial charge is 0.251 e.